The molecule has 0 spiro atoms. The van der Waals surface area contributed by atoms with E-state index in [9.17, 15) is 9.90 Å². The molecule has 1 aromatic heterocycles. The minimum atomic E-state index is -0.760. The Kier molecular flexibility index (Phi) is 2.16. The molecule has 80 valence electrons. The summed E-state index contributed by atoms with van der Waals surface area (Å²) in [6.07, 6.45) is 0.526. The van der Waals surface area contributed by atoms with E-state index in [1.165, 1.54) is 0 Å². The summed E-state index contributed by atoms with van der Waals surface area (Å²) in [5.41, 5.74) is 1.39. The van der Waals surface area contributed by atoms with E-state index in [-0.39, 0.29) is 0 Å². The van der Waals surface area contributed by atoms with Gasteiger partial charge in [-0.3, -0.25) is 4.98 Å². The lowest BCUT2D eigenvalue weighted by Crippen LogP contribution is -2.21. The zero-order valence-electron chi connectivity index (χ0n) is 8.70. The van der Waals surface area contributed by atoms with Crippen LogP contribution < -0.4 is 5.76 Å². The summed E-state index contributed by atoms with van der Waals surface area (Å²) in [4.78, 5) is 13.5. The maximum atomic E-state index is 10.9. The van der Waals surface area contributed by atoms with Gasteiger partial charge in [0.1, 0.15) is 0 Å². The molecule has 0 aliphatic heterocycles. The second-order valence-electron chi connectivity index (χ2n) is 4.33. The fourth-order valence-electron chi connectivity index (χ4n) is 1.60. The normalized spacial score (nSPS) is 12.2. The van der Waals surface area contributed by atoms with Crippen molar-refractivity contribution >= 4 is 11.1 Å². The first-order valence-electron chi connectivity index (χ1n) is 4.78. The zero-order valence-corrected chi connectivity index (χ0v) is 8.70. The van der Waals surface area contributed by atoms with Crippen LogP contribution in [0.3, 0.4) is 0 Å². The van der Waals surface area contributed by atoms with Crippen LogP contribution in [0.25, 0.3) is 11.1 Å². The predicted octanol–water partition coefficient (Wildman–Crippen LogP) is 1.43. The number of benzene rings is 1. The summed E-state index contributed by atoms with van der Waals surface area (Å²) in [5.74, 6) is -0.453. The second kappa shape index (κ2) is 3.24. The molecule has 15 heavy (non-hydrogen) atoms. The summed E-state index contributed by atoms with van der Waals surface area (Å²) in [6.45, 7) is 3.48. The van der Waals surface area contributed by atoms with E-state index in [4.69, 9.17) is 4.42 Å². The average Bonchev–Trinajstić information content (AvgIpc) is 2.40. The van der Waals surface area contributed by atoms with Gasteiger partial charge in [-0.2, -0.15) is 0 Å². The van der Waals surface area contributed by atoms with Gasteiger partial charge in [-0.05, 0) is 31.5 Å². The molecule has 2 rings (SSSR count). The van der Waals surface area contributed by atoms with Crippen molar-refractivity contribution in [3.63, 3.8) is 0 Å². The summed E-state index contributed by atoms with van der Waals surface area (Å²) in [5, 5.41) is 9.65. The van der Waals surface area contributed by atoms with Crippen LogP contribution >= 0.6 is 0 Å². The van der Waals surface area contributed by atoms with E-state index >= 15 is 0 Å². The smallest absolute Gasteiger partial charge is 0.408 e. The van der Waals surface area contributed by atoms with Crippen LogP contribution in [0.15, 0.2) is 27.4 Å². The standard InChI is InChI=1S/C11H13NO3/c1-11(2,14)6-7-3-4-8-9(5-7)15-10(13)12-8/h3-5,14H,6H2,1-2H3,(H,12,13). The Labute approximate surface area is 86.5 Å². The number of aromatic amines is 1. The Balaban J connectivity index is 2.42. The monoisotopic (exact) mass is 207 g/mol. The number of hydrogen-bond donors (Lipinski definition) is 2. The molecule has 0 fully saturated rings. The van der Waals surface area contributed by atoms with E-state index in [0.717, 1.165) is 5.56 Å². The minimum Gasteiger partial charge on any atom is -0.408 e. The molecule has 0 saturated heterocycles. The highest BCUT2D eigenvalue weighted by Gasteiger charge is 2.14. The molecule has 0 unspecified atom stereocenters. The van der Waals surface area contributed by atoms with Gasteiger partial charge in [0.05, 0.1) is 11.1 Å². The van der Waals surface area contributed by atoms with Crippen LogP contribution in [-0.2, 0) is 6.42 Å². The van der Waals surface area contributed by atoms with Gasteiger partial charge in [0.25, 0.3) is 0 Å². The van der Waals surface area contributed by atoms with Gasteiger partial charge in [-0.1, -0.05) is 6.07 Å². The first-order valence-corrected chi connectivity index (χ1v) is 4.78. The average molecular weight is 207 g/mol. The van der Waals surface area contributed by atoms with E-state index in [1.807, 2.05) is 6.07 Å². The fraction of sp³-hybridized carbons (Fsp3) is 0.364. The van der Waals surface area contributed by atoms with Gasteiger partial charge in [0.2, 0.25) is 0 Å². The second-order valence-corrected chi connectivity index (χ2v) is 4.33. The van der Waals surface area contributed by atoms with Gasteiger partial charge in [0, 0.05) is 6.42 Å². The van der Waals surface area contributed by atoms with Crippen molar-refractivity contribution in [1.82, 2.24) is 4.98 Å². The number of nitrogens with one attached hydrogen (secondary N) is 1. The van der Waals surface area contributed by atoms with Gasteiger partial charge in [0.15, 0.2) is 5.58 Å². The Morgan fingerprint density at radius 3 is 2.87 bits per heavy atom. The molecule has 0 atom stereocenters. The highest BCUT2D eigenvalue weighted by Crippen LogP contribution is 2.17. The molecule has 0 bridgehead atoms. The number of H-pyrrole nitrogens is 1. The van der Waals surface area contributed by atoms with Crippen molar-refractivity contribution in [2.45, 2.75) is 25.9 Å². The van der Waals surface area contributed by atoms with Crippen LogP contribution in [-0.4, -0.2) is 15.7 Å². The summed E-state index contributed by atoms with van der Waals surface area (Å²) < 4.78 is 4.93. The van der Waals surface area contributed by atoms with E-state index in [2.05, 4.69) is 4.98 Å². The highest BCUT2D eigenvalue weighted by molar-refractivity contribution is 5.72. The lowest BCUT2D eigenvalue weighted by atomic mass is 9.99. The van der Waals surface area contributed by atoms with Crippen molar-refractivity contribution in [2.24, 2.45) is 0 Å². The Bertz CT molecular complexity index is 530. The lowest BCUT2D eigenvalue weighted by Gasteiger charge is -2.16. The van der Waals surface area contributed by atoms with Gasteiger partial charge in [-0.25, -0.2) is 4.79 Å². The van der Waals surface area contributed by atoms with Crippen LogP contribution in [0.2, 0.25) is 0 Å². The van der Waals surface area contributed by atoms with Gasteiger partial charge in [-0.15, -0.1) is 0 Å². The maximum absolute atomic E-state index is 10.9. The fourth-order valence-corrected chi connectivity index (χ4v) is 1.60. The summed E-state index contributed by atoms with van der Waals surface area (Å²) in [7, 11) is 0. The zero-order chi connectivity index (χ0) is 11.1. The molecule has 0 aliphatic rings. The van der Waals surface area contributed by atoms with E-state index in [1.54, 1.807) is 26.0 Å². The third kappa shape index (κ3) is 2.27. The van der Waals surface area contributed by atoms with E-state index in [0.29, 0.717) is 17.5 Å². The molecule has 1 aromatic carbocycles. The maximum Gasteiger partial charge on any atom is 0.417 e. The molecular formula is C11H13NO3. The number of rotatable bonds is 2. The first kappa shape index (κ1) is 9.98. The largest absolute Gasteiger partial charge is 0.417 e. The van der Waals surface area contributed by atoms with Crippen molar-refractivity contribution in [1.29, 1.82) is 0 Å². The number of aromatic nitrogens is 1. The van der Waals surface area contributed by atoms with Crippen molar-refractivity contribution in [3.8, 4) is 0 Å². The lowest BCUT2D eigenvalue weighted by molar-refractivity contribution is 0.0810. The first-order chi connectivity index (χ1) is 6.94. The molecular weight excluding hydrogens is 194 g/mol. The highest BCUT2D eigenvalue weighted by atomic mass is 16.4. The number of fused-ring (bicyclic) bond motifs is 1. The van der Waals surface area contributed by atoms with Crippen molar-refractivity contribution in [3.05, 3.63) is 34.3 Å². The van der Waals surface area contributed by atoms with Gasteiger partial charge >= 0.3 is 5.76 Å². The molecule has 2 N–H and O–H groups in total. The third-order valence-corrected chi connectivity index (χ3v) is 2.12. The molecule has 0 aliphatic carbocycles. The summed E-state index contributed by atoms with van der Waals surface area (Å²) >= 11 is 0. The van der Waals surface area contributed by atoms with Crippen LogP contribution in [0.4, 0.5) is 0 Å². The molecule has 0 amide bonds. The number of oxazole rings is 1. The molecule has 4 heteroatoms. The SMILES string of the molecule is CC(C)(O)Cc1ccc2[nH]c(=O)oc2c1. The predicted molar refractivity (Wildman–Crippen MR) is 56.8 cm³/mol. The molecule has 0 saturated carbocycles. The van der Waals surface area contributed by atoms with Crippen molar-refractivity contribution in [2.75, 3.05) is 0 Å². The Morgan fingerprint density at radius 2 is 2.20 bits per heavy atom. The molecule has 2 aromatic rings. The quantitative estimate of drug-likeness (QED) is 0.783. The Hall–Kier alpha value is -1.55. The number of aliphatic hydroxyl groups is 1. The van der Waals surface area contributed by atoms with Crippen LogP contribution in [0.1, 0.15) is 19.4 Å². The Morgan fingerprint density at radius 1 is 1.47 bits per heavy atom. The minimum absolute atomic E-state index is 0.453. The number of hydrogen-bond acceptors (Lipinski definition) is 3. The van der Waals surface area contributed by atoms with Crippen molar-refractivity contribution < 1.29 is 9.52 Å². The van der Waals surface area contributed by atoms with Crippen LogP contribution in [0.5, 0.6) is 0 Å². The topological polar surface area (TPSA) is 66.2 Å². The molecule has 1 heterocycles. The van der Waals surface area contributed by atoms with E-state index < -0.39 is 11.4 Å². The molecule has 4 nitrogen and oxygen atoms in total. The molecule has 0 radical (unpaired) electrons. The summed E-state index contributed by atoms with van der Waals surface area (Å²) in [6, 6.07) is 5.41. The third-order valence-electron chi connectivity index (χ3n) is 2.12. The van der Waals surface area contributed by atoms with Gasteiger partial charge < -0.3 is 9.52 Å². The van der Waals surface area contributed by atoms with Crippen LogP contribution in [0, 0.1) is 0 Å².